The lowest BCUT2D eigenvalue weighted by Crippen LogP contribution is -2.35. The topological polar surface area (TPSA) is 49.5 Å². The first-order valence-electron chi connectivity index (χ1n) is 6.62. The van der Waals surface area contributed by atoms with E-state index in [0.29, 0.717) is 0 Å². The zero-order valence-corrected chi connectivity index (χ0v) is 11.8. The van der Waals surface area contributed by atoms with Crippen molar-refractivity contribution in [3.63, 3.8) is 0 Å². The number of aromatic nitrogens is 1. The summed E-state index contributed by atoms with van der Waals surface area (Å²) in [7, 11) is 0. The van der Waals surface area contributed by atoms with Gasteiger partial charge in [-0.1, -0.05) is 0 Å². The fourth-order valence-corrected chi connectivity index (χ4v) is 3.26. The van der Waals surface area contributed by atoms with Gasteiger partial charge in [0.05, 0.1) is 6.10 Å². The zero-order valence-electron chi connectivity index (χ0n) is 11.0. The SMILES string of the molecule is Cc1ccc(-c2ncc(CN3CCC(O)CC3)s2)o1. The number of nitrogens with zero attached hydrogens (tertiary/aromatic N) is 2. The van der Waals surface area contributed by atoms with Crippen molar-refractivity contribution in [2.24, 2.45) is 0 Å². The maximum Gasteiger partial charge on any atom is 0.162 e. The van der Waals surface area contributed by atoms with Crippen LogP contribution < -0.4 is 0 Å². The first-order valence-corrected chi connectivity index (χ1v) is 7.44. The number of thiazole rings is 1. The molecule has 19 heavy (non-hydrogen) atoms. The molecule has 0 atom stereocenters. The van der Waals surface area contributed by atoms with Gasteiger partial charge in [-0.15, -0.1) is 11.3 Å². The molecule has 0 aliphatic carbocycles. The lowest BCUT2D eigenvalue weighted by molar-refractivity contribution is 0.0797. The van der Waals surface area contributed by atoms with Crippen LogP contribution in [0.5, 0.6) is 0 Å². The van der Waals surface area contributed by atoms with Gasteiger partial charge in [0.2, 0.25) is 0 Å². The van der Waals surface area contributed by atoms with Gasteiger partial charge in [0, 0.05) is 30.7 Å². The lowest BCUT2D eigenvalue weighted by Gasteiger charge is -2.28. The summed E-state index contributed by atoms with van der Waals surface area (Å²) in [5.41, 5.74) is 0. The van der Waals surface area contributed by atoms with Crippen LogP contribution in [-0.4, -0.2) is 34.2 Å². The average Bonchev–Trinajstić information content (AvgIpc) is 3.01. The van der Waals surface area contributed by atoms with Gasteiger partial charge in [-0.05, 0) is 31.9 Å². The highest BCUT2D eigenvalue weighted by Crippen LogP contribution is 2.28. The Morgan fingerprint density at radius 1 is 1.42 bits per heavy atom. The van der Waals surface area contributed by atoms with Crippen LogP contribution in [-0.2, 0) is 6.54 Å². The van der Waals surface area contributed by atoms with Crippen molar-refractivity contribution in [1.29, 1.82) is 0 Å². The molecule has 1 aliphatic heterocycles. The van der Waals surface area contributed by atoms with E-state index in [9.17, 15) is 5.11 Å². The normalized spacial score (nSPS) is 18.0. The molecule has 2 aromatic rings. The van der Waals surface area contributed by atoms with E-state index >= 15 is 0 Å². The number of rotatable bonds is 3. The van der Waals surface area contributed by atoms with Crippen LogP contribution in [0.4, 0.5) is 0 Å². The molecule has 1 fully saturated rings. The second kappa shape index (κ2) is 5.45. The number of aryl methyl sites for hydroxylation is 1. The van der Waals surface area contributed by atoms with Crippen LogP contribution in [0.2, 0.25) is 0 Å². The standard InChI is InChI=1S/C14H18N2O2S/c1-10-2-3-13(18-10)14-15-8-12(19-14)9-16-6-4-11(17)5-7-16/h2-3,8,11,17H,4-7,9H2,1H3. The van der Waals surface area contributed by atoms with E-state index in [4.69, 9.17) is 4.42 Å². The fourth-order valence-electron chi connectivity index (χ4n) is 2.34. The molecular formula is C14H18N2O2S. The third-order valence-electron chi connectivity index (χ3n) is 3.44. The third kappa shape index (κ3) is 3.05. The van der Waals surface area contributed by atoms with Crippen molar-refractivity contribution in [1.82, 2.24) is 9.88 Å². The van der Waals surface area contributed by atoms with Crippen molar-refractivity contribution in [2.75, 3.05) is 13.1 Å². The first-order chi connectivity index (χ1) is 9.20. The number of aliphatic hydroxyl groups is 1. The highest BCUT2D eigenvalue weighted by atomic mass is 32.1. The summed E-state index contributed by atoms with van der Waals surface area (Å²) in [6, 6.07) is 3.93. The van der Waals surface area contributed by atoms with Gasteiger partial charge in [-0.2, -0.15) is 0 Å². The molecule has 5 heteroatoms. The fraction of sp³-hybridized carbons (Fsp3) is 0.500. The second-order valence-electron chi connectivity index (χ2n) is 5.05. The predicted octanol–water partition coefficient (Wildman–Crippen LogP) is 2.67. The first kappa shape index (κ1) is 12.8. The van der Waals surface area contributed by atoms with E-state index < -0.39 is 0 Å². The molecule has 0 aromatic carbocycles. The molecule has 0 spiro atoms. The predicted molar refractivity (Wildman–Crippen MR) is 75.1 cm³/mol. The largest absolute Gasteiger partial charge is 0.459 e. The van der Waals surface area contributed by atoms with Crippen LogP contribution in [0.25, 0.3) is 10.8 Å². The van der Waals surface area contributed by atoms with Gasteiger partial charge in [0.1, 0.15) is 5.76 Å². The molecule has 2 aromatic heterocycles. The Morgan fingerprint density at radius 2 is 2.21 bits per heavy atom. The van der Waals surface area contributed by atoms with E-state index in [-0.39, 0.29) is 6.10 Å². The van der Waals surface area contributed by atoms with Crippen molar-refractivity contribution in [2.45, 2.75) is 32.4 Å². The molecule has 0 radical (unpaired) electrons. The summed E-state index contributed by atoms with van der Waals surface area (Å²) in [5, 5.41) is 10.4. The molecule has 102 valence electrons. The third-order valence-corrected chi connectivity index (χ3v) is 4.44. The molecule has 3 heterocycles. The van der Waals surface area contributed by atoms with Gasteiger partial charge in [0.15, 0.2) is 10.8 Å². The van der Waals surface area contributed by atoms with E-state index in [0.717, 1.165) is 49.0 Å². The van der Waals surface area contributed by atoms with Crippen LogP contribution >= 0.6 is 11.3 Å². The molecule has 0 amide bonds. The molecule has 3 rings (SSSR count). The average molecular weight is 278 g/mol. The summed E-state index contributed by atoms with van der Waals surface area (Å²) in [6.45, 7) is 4.80. The summed E-state index contributed by atoms with van der Waals surface area (Å²) in [4.78, 5) is 8.05. The number of furan rings is 1. The highest BCUT2D eigenvalue weighted by molar-refractivity contribution is 7.14. The summed E-state index contributed by atoms with van der Waals surface area (Å²) >= 11 is 1.68. The van der Waals surface area contributed by atoms with Gasteiger partial charge in [0.25, 0.3) is 0 Å². The summed E-state index contributed by atoms with van der Waals surface area (Å²) in [6.07, 6.45) is 3.58. The molecule has 0 saturated carbocycles. The Morgan fingerprint density at radius 3 is 2.89 bits per heavy atom. The molecule has 4 nitrogen and oxygen atoms in total. The van der Waals surface area contributed by atoms with E-state index in [2.05, 4.69) is 9.88 Å². The Kier molecular flexibility index (Phi) is 3.68. The highest BCUT2D eigenvalue weighted by Gasteiger charge is 2.18. The Bertz CT molecular complexity index is 541. The molecular weight excluding hydrogens is 260 g/mol. The number of likely N-dealkylation sites (tertiary alicyclic amines) is 1. The number of aliphatic hydroxyl groups excluding tert-OH is 1. The molecule has 1 saturated heterocycles. The summed E-state index contributed by atoms with van der Waals surface area (Å²) < 4.78 is 5.59. The number of hydrogen-bond donors (Lipinski definition) is 1. The Balaban J connectivity index is 1.65. The van der Waals surface area contributed by atoms with E-state index in [1.165, 1.54) is 4.88 Å². The van der Waals surface area contributed by atoms with Gasteiger partial charge in [-0.3, -0.25) is 4.90 Å². The van der Waals surface area contributed by atoms with E-state index in [1.54, 1.807) is 11.3 Å². The Hall–Kier alpha value is -1.17. The van der Waals surface area contributed by atoms with Crippen molar-refractivity contribution in [3.05, 3.63) is 29.0 Å². The quantitative estimate of drug-likeness (QED) is 0.937. The van der Waals surface area contributed by atoms with Crippen LogP contribution in [0.3, 0.4) is 0 Å². The van der Waals surface area contributed by atoms with Crippen molar-refractivity contribution >= 4 is 11.3 Å². The minimum Gasteiger partial charge on any atom is -0.459 e. The van der Waals surface area contributed by atoms with Gasteiger partial charge < -0.3 is 9.52 Å². The molecule has 1 N–H and O–H groups in total. The summed E-state index contributed by atoms with van der Waals surface area (Å²) in [5.74, 6) is 1.76. The smallest absolute Gasteiger partial charge is 0.162 e. The number of hydrogen-bond acceptors (Lipinski definition) is 5. The van der Waals surface area contributed by atoms with Crippen LogP contribution in [0.15, 0.2) is 22.7 Å². The second-order valence-corrected chi connectivity index (χ2v) is 6.16. The minimum atomic E-state index is -0.112. The lowest BCUT2D eigenvalue weighted by atomic mass is 10.1. The molecule has 1 aliphatic rings. The monoisotopic (exact) mass is 278 g/mol. The molecule has 0 bridgehead atoms. The van der Waals surface area contributed by atoms with Crippen LogP contribution in [0, 0.1) is 6.92 Å². The number of piperidine rings is 1. The molecule has 0 unspecified atom stereocenters. The van der Waals surface area contributed by atoms with E-state index in [1.807, 2.05) is 25.3 Å². The maximum atomic E-state index is 9.50. The Labute approximate surface area is 116 Å². The van der Waals surface area contributed by atoms with Gasteiger partial charge >= 0.3 is 0 Å². The van der Waals surface area contributed by atoms with Crippen molar-refractivity contribution < 1.29 is 9.52 Å². The van der Waals surface area contributed by atoms with Gasteiger partial charge in [-0.25, -0.2) is 4.98 Å². The zero-order chi connectivity index (χ0) is 13.2. The maximum absolute atomic E-state index is 9.50. The van der Waals surface area contributed by atoms with Crippen molar-refractivity contribution in [3.8, 4) is 10.8 Å². The minimum absolute atomic E-state index is 0.112. The van der Waals surface area contributed by atoms with Crippen LogP contribution in [0.1, 0.15) is 23.5 Å².